The lowest BCUT2D eigenvalue weighted by molar-refractivity contribution is -0.155. The second-order valence-electron chi connectivity index (χ2n) is 6.95. The van der Waals surface area contributed by atoms with Crippen LogP contribution in [0.1, 0.15) is 37.7 Å². The van der Waals surface area contributed by atoms with Gasteiger partial charge in [0.15, 0.2) is 0 Å². The second-order valence-corrected chi connectivity index (χ2v) is 7.76. The molecule has 0 spiro atoms. The quantitative estimate of drug-likeness (QED) is 0.813. The highest BCUT2D eigenvalue weighted by atomic mass is 35.5. The van der Waals surface area contributed by atoms with E-state index in [0.29, 0.717) is 36.1 Å². The summed E-state index contributed by atoms with van der Waals surface area (Å²) < 4.78 is 5.27. The summed E-state index contributed by atoms with van der Waals surface area (Å²) in [5, 5.41) is 13.4. The molecular formula is C18H21Cl2NO4. The summed E-state index contributed by atoms with van der Waals surface area (Å²) in [6, 6.07) is 5.27. The van der Waals surface area contributed by atoms with Crippen molar-refractivity contribution in [3.8, 4) is 0 Å². The van der Waals surface area contributed by atoms with Gasteiger partial charge in [-0.3, -0.25) is 9.59 Å². The predicted molar refractivity (Wildman–Crippen MR) is 95.1 cm³/mol. The zero-order valence-corrected chi connectivity index (χ0v) is 15.3. The summed E-state index contributed by atoms with van der Waals surface area (Å²) in [4.78, 5) is 24.7. The molecule has 136 valence electrons. The van der Waals surface area contributed by atoms with Gasteiger partial charge < -0.3 is 15.2 Å². The Balaban J connectivity index is 1.76. The van der Waals surface area contributed by atoms with E-state index in [2.05, 4.69) is 5.32 Å². The highest BCUT2D eigenvalue weighted by molar-refractivity contribution is 6.42. The Morgan fingerprint density at radius 1 is 1.12 bits per heavy atom. The molecular weight excluding hydrogens is 365 g/mol. The Morgan fingerprint density at radius 2 is 1.80 bits per heavy atom. The number of benzene rings is 1. The minimum Gasteiger partial charge on any atom is -0.481 e. The van der Waals surface area contributed by atoms with Crippen molar-refractivity contribution in [2.24, 2.45) is 5.41 Å². The monoisotopic (exact) mass is 385 g/mol. The van der Waals surface area contributed by atoms with E-state index in [1.54, 1.807) is 12.1 Å². The van der Waals surface area contributed by atoms with Crippen LogP contribution in [-0.2, 0) is 19.7 Å². The molecule has 0 radical (unpaired) electrons. The molecule has 1 amide bonds. The van der Waals surface area contributed by atoms with Crippen LogP contribution >= 0.6 is 23.2 Å². The van der Waals surface area contributed by atoms with Crippen LogP contribution in [0, 0.1) is 5.41 Å². The van der Waals surface area contributed by atoms with E-state index in [0.717, 1.165) is 24.8 Å². The van der Waals surface area contributed by atoms with Crippen molar-refractivity contribution >= 4 is 35.1 Å². The summed E-state index contributed by atoms with van der Waals surface area (Å²) in [6.07, 6.45) is 3.20. The summed E-state index contributed by atoms with van der Waals surface area (Å²) in [6.45, 7) is 0.924. The highest BCUT2D eigenvalue weighted by Crippen LogP contribution is 2.45. The number of carbonyl (C=O) groups is 2. The van der Waals surface area contributed by atoms with Crippen molar-refractivity contribution in [1.82, 2.24) is 5.32 Å². The summed E-state index contributed by atoms with van der Waals surface area (Å²) in [5.41, 5.74) is -0.753. The molecule has 2 N–H and O–H groups in total. The van der Waals surface area contributed by atoms with Crippen molar-refractivity contribution < 1.29 is 19.4 Å². The minimum atomic E-state index is -0.948. The smallest absolute Gasteiger partial charge is 0.311 e. The first-order valence-electron chi connectivity index (χ1n) is 8.45. The largest absolute Gasteiger partial charge is 0.481 e. The Bertz CT molecular complexity index is 682. The fourth-order valence-electron chi connectivity index (χ4n) is 3.62. The molecule has 1 aromatic carbocycles. The van der Waals surface area contributed by atoms with Crippen molar-refractivity contribution in [2.75, 3.05) is 19.8 Å². The van der Waals surface area contributed by atoms with Crippen LogP contribution in [0.5, 0.6) is 0 Å². The lowest BCUT2D eigenvalue weighted by Crippen LogP contribution is -2.53. The van der Waals surface area contributed by atoms with Crippen LogP contribution in [0.25, 0.3) is 0 Å². The van der Waals surface area contributed by atoms with Crippen molar-refractivity contribution in [2.45, 2.75) is 37.5 Å². The van der Waals surface area contributed by atoms with Gasteiger partial charge in [0.25, 0.3) is 0 Å². The lowest BCUT2D eigenvalue weighted by Gasteiger charge is -2.42. The maximum absolute atomic E-state index is 12.9. The first-order chi connectivity index (χ1) is 11.9. The van der Waals surface area contributed by atoms with Crippen LogP contribution < -0.4 is 5.32 Å². The van der Waals surface area contributed by atoms with Gasteiger partial charge in [0.2, 0.25) is 5.91 Å². The van der Waals surface area contributed by atoms with Crippen molar-refractivity contribution in [1.29, 1.82) is 0 Å². The topological polar surface area (TPSA) is 75.6 Å². The summed E-state index contributed by atoms with van der Waals surface area (Å²) >= 11 is 12.1. The van der Waals surface area contributed by atoms with Crippen molar-refractivity contribution in [3.63, 3.8) is 0 Å². The van der Waals surface area contributed by atoms with Crippen LogP contribution in [0.15, 0.2) is 18.2 Å². The van der Waals surface area contributed by atoms with Gasteiger partial charge in [-0.2, -0.15) is 0 Å². The van der Waals surface area contributed by atoms with Gasteiger partial charge >= 0.3 is 5.97 Å². The molecule has 1 aliphatic carbocycles. The van der Waals surface area contributed by atoms with E-state index in [9.17, 15) is 14.7 Å². The lowest BCUT2D eigenvalue weighted by atomic mass is 9.63. The predicted octanol–water partition coefficient (Wildman–Crippen LogP) is 3.41. The number of carboxylic acids is 1. The molecule has 3 rings (SSSR count). The van der Waals surface area contributed by atoms with Crippen LogP contribution in [0.3, 0.4) is 0 Å². The number of hydrogen-bond donors (Lipinski definition) is 2. The molecule has 1 heterocycles. The maximum atomic E-state index is 12.9. The zero-order valence-electron chi connectivity index (χ0n) is 13.8. The number of rotatable bonds is 5. The normalized spacial score (nSPS) is 21.2. The standard InChI is InChI=1S/C18H21Cl2NO4/c19-13-3-2-12(10-14(13)20)18(4-1-5-18)15(22)21-11-17(16(23)24)6-8-25-9-7-17/h2-3,10H,1,4-9,11H2,(H,21,22)(H,23,24). The third kappa shape index (κ3) is 3.37. The molecule has 0 bridgehead atoms. The Labute approximate surface area is 156 Å². The third-order valence-electron chi connectivity index (χ3n) is 5.60. The number of nitrogens with one attached hydrogen (secondary N) is 1. The molecule has 7 heteroatoms. The molecule has 1 saturated carbocycles. The number of aliphatic carboxylic acids is 1. The Kier molecular flexibility index (Phi) is 5.28. The molecule has 1 aliphatic heterocycles. The van der Waals surface area contributed by atoms with Gasteiger partial charge in [0, 0.05) is 19.8 Å². The number of halogens is 2. The van der Waals surface area contributed by atoms with Gasteiger partial charge in [-0.15, -0.1) is 0 Å². The molecule has 0 unspecified atom stereocenters. The summed E-state index contributed by atoms with van der Waals surface area (Å²) in [7, 11) is 0. The fraction of sp³-hybridized carbons (Fsp3) is 0.556. The van der Waals surface area contributed by atoms with Gasteiger partial charge in [-0.05, 0) is 43.4 Å². The average Bonchev–Trinajstić information content (AvgIpc) is 2.56. The molecule has 2 fully saturated rings. The summed E-state index contributed by atoms with van der Waals surface area (Å²) in [5.74, 6) is -1.02. The molecule has 25 heavy (non-hydrogen) atoms. The van der Waals surface area contributed by atoms with Gasteiger partial charge in [0.1, 0.15) is 0 Å². The van der Waals surface area contributed by atoms with Crippen molar-refractivity contribution in [3.05, 3.63) is 33.8 Å². The highest BCUT2D eigenvalue weighted by Gasteiger charge is 2.47. The van der Waals surface area contributed by atoms with Crippen LogP contribution in [0.2, 0.25) is 10.0 Å². The second kappa shape index (κ2) is 7.14. The van der Waals surface area contributed by atoms with E-state index in [-0.39, 0.29) is 12.5 Å². The molecule has 2 aliphatic rings. The third-order valence-corrected chi connectivity index (χ3v) is 6.34. The molecule has 1 saturated heterocycles. The average molecular weight is 386 g/mol. The maximum Gasteiger partial charge on any atom is 0.311 e. The van der Waals surface area contributed by atoms with Gasteiger partial charge in [-0.1, -0.05) is 35.7 Å². The molecule has 1 aromatic rings. The van der Waals surface area contributed by atoms with Gasteiger partial charge in [0.05, 0.1) is 20.9 Å². The van der Waals surface area contributed by atoms with E-state index in [1.165, 1.54) is 0 Å². The first kappa shape index (κ1) is 18.5. The Morgan fingerprint density at radius 3 is 2.32 bits per heavy atom. The van der Waals surface area contributed by atoms with E-state index in [4.69, 9.17) is 27.9 Å². The number of ether oxygens (including phenoxy) is 1. The number of carbonyl (C=O) groups excluding carboxylic acids is 1. The van der Waals surface area contributed by atoms with E-state index < -0.39 is 16.8 Å². The van der Waals surface area contributed by atoms with Crippen LogP contribution in [0.4, 0.5) is 0 Å². The Hall–Kier alpha value is -1.30. The molecule has 0 atom stereocenters. The number of amides is 1. The number of carboxylic acid groups (broad SMARTS) is 1. The molecule has 0 aromatic heterocycles. The van der Waals surface area contributed by atoms with Gasteiger partial charge in [-0.25, -0.2) is 0 Å². The van der Waals surface area contributed by atoms with E-state index >= 15 is 0 Å². The van der Waals surface area contributed by atoms with E-state index in [1.807, 2.05) is 6.07 Å². The molecule has 5 nitrogen and oxygen atoms in total. The first-order valence-corrected chi connectivity index (χ1v) is 9.20. The van der Waals surface area contributed by atoms with Crippen LogP contribution in [-0.4, -0.2) is 36.7 Å². The zero-order chi connectivity index (χ0) is 18.1. The SMILES string of the molecule is O=C(O)C1(CNC(=O)C2(c3ccc(Cl)c(Cl)c3)CCC2)CCOCC1. The minimum absolute atomic E-state index is 0.119. The number of hydrogen-bond acceptors (Lipinski definition) is 3. The fourth-order valence-corrected chi connectivity index (χ4v) is 3.92.